The lowest BCUT2D eigenvalue weighted by Gasteiger charge is -2.22. The van der Waals surface area contributed by atoms with Crippen LogP contribution in [0.2, 0.25) is 0 Å². The van der Waals surface area contributed by atoms with Gasteiger partial charge in [0.05, 0.1) is 6.54 Å². The average Bonchev–Trinajstić information content (AvgIpc) is 3.07. The number of nitrogens with zero attached hydrogens (tertiary/aromatic N) is 1. The topological polar surface area (TPSA) is 84.7 Å². The first-order chi connectivity index (χ1) is 21.5. The van der Waals surface area contributed by atoms with E-state index in [2.05, 4.69) is 5.32 Å². The molecule has 5 rings (SSSR count). The summed E-state index contributed by atoms with van der Waals surface area (Å²) in [6.45, 7) is 0.994. The first-order valence-corrected chi connectivity index (χ1v) is 14.2. The molecule has 6 nitrogen and oxygen atoms in total. The van der Waals surface area contributed by atoms with Gasteiger partial charge in [0.15, 0.2) is 0 Å². The quantitative estimate of drug-likeness (QED) is 0.160. The predicted octanol–water partition coefficient (Wildman–Crippen LogP) is 7.22. The fourth-order valence-corrected chi connectivity index (χ4v) is 4.68. The van der Waals surface area contributed by atoms with Crippen LogP contribution in [0.3, 0.4) is 0 Å². The molecule has 220 valence electrons. The minimum atomic E-state index is -0.341. The summed E-state index contributed by atoms with van der Waals surface area (Å²) in [5, 5.41) is 2.84. The second-order valence-corrected chi connectivity index (χ2v) is 10.0. The number of anilines is 1. The van der Waals surface area contributed by atoms with E-state index in [0.717, 1.165) is 16.7 Å². The molecule has 0 spiro atoms. The Hall–Kier alpha value is -5.53. The van der Waals surface area contributed by atoms with Crippen LogP contribution in [0.4, 0.5) is 10.1 Å². The maximum absolute atomic E-state index is 13.6. The summed E-state index contributed by atoms with van der Waals surface area (Å²) >= 11 is 0. The molecule has 0 aliphatic carbocycles. The molecule has 2 amide bonds. The highest BCUT2D eigenvalue weighted by Crippen LogP contribution is 2.28. The summed E-state index contributed by atoms with van der Waals surface area (Å²) in [6.07, 6.45) is 3.14. The number of benzene rings is 5. The molecule has 0 heterocycles. The van der Waals surface area contributed by atoms with Crippen LogP contribution in [0.15, 0.2) is 133 Å². The van der Waals surface area contributed by atoms with E-state index in [1.807, 2.05) is 97.1 Å². The molecule has 7 heteroatoms. The Bertz CT molecular complexity index is 1740. The van der Waals surface area contributed by atoms with Crippen LogP contribution in [-0.4, -0.2) is 24.9 Å². The molecule has 0 radical (unpaired) electrons. The van der Waals surface area contributed by atoms with Gasteiger partial charge >= 0.3 is 0 Å². The van der Waals surface area contributed by atoms with E-state index in [1.165, 1.54) is 18.2 Å². The van der Waals surface area contributed by atoms with Gasteiger partial charge in [-0.1, -0.05) is 66.7 Å². The molecular formula is C37H32FN3O3. The van der Waals surface area contributed by atoms with Crippen molar-refractivity contribution >= 4 is 23.6 Å². The number of carbonyl (C=O) groups excluding carboxylic acids is 2. The highest BCUT2D eigenvalue weighted by Gasteiger charge is 2.17. The van der Waals surface area contributed by atoms with Crippen LogP contribution in [0.25, 0.3) is 17.2 Å². The monoisotopic (exact) mass is 585 g/mol. The minimum Gasteiger partial charge on any atom is -0.457 e. The fraction of sp³-hybridized carbons (Fsp3) is 0.0811. The maximum Gasteiger partial charge on any atom is 0.251 e. The number of carbonyl (C=O) groups is 2. The largest absolute Gasteiger partial charge is 0.457 e. The Morgan fingerprint density at radius 1 is 0.795 bits per heavy atom. The van der Waals surface area contributed by atoms with Crippen molar-refractivity contribution in [2.24, 2.45) is 5.73 Å². The summed E-state index contributed by atoms with van der Waals surface area (Å²) in [7, 11) is 0. The normalized spacial score (nSPS) is 10.9. The average molecular weight is 586 g/mol. The zero-order valence-electron chi connectivity index (χ0n) is 24.0. The molecule has 5 aromatic carbocycles. The summed E-state index contributed by atoms with van der Waals surface area (Å²) in [4.78, 5) is 28.1. The summed E-state index contributed by atoms with van der Waals surface area (Å²) in [5.74, 6) is 0.561. The third-order valence-corrected chi connectivity index (χ3v) is 6.86. The van der Waals surface area contributed by atoms with E-state index in [9.17, 15) is 14.0 Å². The molecule has 3 N–H and O–H groups in total. The smallest absolute Gasteiger partial charge is 0.251 e. The molecule has 0 bridgehead atoms. The van der Waals surface area contributed by atoms with Gasteiger partial charge < -0.3 is 20.7 Å². The van der Waals surface area contributed by atoms with E-state index in [-0.39, 0.29) is 24.2 Å². The standard InChI is InChI=1S/C37H32FN3O3/c38-30-16-13-27(14-17-30)15-22-36(42)41(31-18-20-33(21-19-31)44-32-9-2-1-3-10-32)26-28-7-6-8-29(25-28)34-11-4-5-12-35(34)37(43)40-24-23-39/h1-22,25H,23-24,26,39H2,(H,40,43)/b22-15+. The number of hydrogen-bond donors (Lipinski definition) is 2. The molecule has 0 aliphatic heterocycles. The first-order valence-electron chi connectivity index (χ1n) is 14.2. The Morgan fingerprint density at radius 3 is 2.25 bits per heavy atom. The lowest BCUT2D eigenvalue weighted by atomic mass is 9.97. The molecule has 0 saturated carbocycles. The SMILES string of the molecule is NCCNC(=O)c1ccccc1-c1cccc(CN(C(=O)/C=C/c2ccc(F)cc2)c2ccc(Oc3ccccc3)cc2)c1. The Labute approximate surface area is 256 Å². The second kappa shape index (κ2) is 14.6. The van der Waals surface area contributed by atoms with E-state index in [0.29, 0.717) is 41.4 Å². The summed E-state index contributed by atoms with van der Waals surface area (Å²) < 4.78 is 19.3. The van der Waals surface area contributed by atoms with Crippen molar-refractivity contribution in [3.8, 4) is 22.6 Å². The number of halogens is 1. The van der Waals surface area contributed by atoms with Crippen LogP contribution in [0.1, 0.15) is 21.5 Å². The molecule has 0 atom stereocenters. The van der Waals surface area contributed by atoms with Crippen LogP contribution in [0.5, 0.6) is 11.5 Å². The van der Waals surface area contributed by atoms with Crippen molar-refractivity contribution in [1.82, 2.24) is 5.32 Å². The van der Waals surface area contributed by atoms with Crippen molar-refractivity contribution in [3.63, 3.8) is 0 Å². The maximum atomic E-state index is 13.6. The van der Waals surface area contributed by atoms with Gasteiger partial charge in [-0.05, 0) is 89.0 Å². The molecule has 0 unspecified atom stereocenters. The summed E-state index contributed by atoms with van der Waals surface area (Å²) in [5.41, 5.74) is 9.99. The van der Waals surface area contributed by atoms with Crippen LogP contribution in [0, 0.1) is 5.82 Å². The third kappa shape index (κ3) is 7.85. The van der Waals surface area contributed by atoms with Crippen molar-refractivity contribution < 1.29 is 18.7 Å². The highest BCUT2D eigenvalue weighted by molar-refractivity contribution is 6.04. The molecule has 0 fully saturated rings. The van der Waals surface area contributed by atoms with Gasteiger partial charge in [-0.2, -0.15) is 0 Å². The number of hydrogen-bond acceptors (Lipinski definition) is 4. The fourth-order valence-electron chi connectivity index (χ4n) is 4.68. The Balaban J connectivity index is 1.43. The van der Waals surface area contributed by atoms with Gasteiger partial charge in [-0.3, -0.25) is 9.59 Å². The number of nitrogens with one attached hydrogen (secondary N) is 1. The molecule has 0 saturated heterocycles. The van der Waals surface area contributed by atoms with Crippen molar-refractivity contribution in [1.29, 1.82) is 0 Å². The second-order valence-electron chi connectivity index (χ2n) is 10.0. The van der Waals surface area contributed by atoms with Crippen molar-refractivity contribution in [3.05, 3.63) is 156 Å². The number of ether oxygens (including phenoxy) is 1. The molecule has 0 aromatic heterocycles. The Kier molecular flexibility index (Phi) is 9.92. The van der Waals surface area contributed by atoms with Crippen LogP contribution >= 0.6 is 0 Å². The van der Waals surface area contributed by atoms with Gasteiger partial charge in [-0.25, -0.2) is 4.39 Å². The van der Waals surface area contributed by atoms with Crippen LogP contribution in [-0.2, 0) is 11.3 Å². The van der Waals surface area contributed by atoms with Crippen molar-refractivity contribution in [2.75, 3.05) is 18.0 Å². The predicted molar refractivity (Wildman–Crippen MR) is 173 cm³/mol. The van der Waals surface area contributed by atoms with Gasteiger partial charge in [0, 0.05) is 30.4 Å². The zero-order chi connectivity index (χ0) is 30.7. The Morgan fingerprint density at radius 2 is 1.50 bits per heavy atom. The number of nitrogens with two attached hydrogens (primary N) is 1. The van der Waals surface area contributed by atoms with Gasteiger partial charge in [0.1, 0.15) is 17.3 Å². The van der Waals surface area contributed by atoms with E-state index >= 15 is 0 Å². The molecule has 5 aromatic rings. The molecular weight excluding hydrogens is 553 g/mol. The first kappa shape index (κ1) is 29.9. The summed E-state index contributed by atoms with van der Waals surface area (Å²) in [6, 6.07) is 37.9. The third-order valence-electron chi connectivity index (χ3n) is 6.86. The number of rotatable bonds is 11. The van der Waals surface area contributed by atoms with Gasteiger partial charge in [0.2, 0.25) is 0 Å². The molecule has 0 aliphatic rings. The number of amides is 2. The van der Waals surface area contributed by atoms with E-state index < -0.39 is 0 Å². The lowest BCUT2D eigenvalue weighted by molar-refractivity contribution is -0.114. The van der Waals surface area contributed by atoms with Crippen LogP contribution < -0.4 is 20.7 Å². The van der Waals surface area contributed by atoms with Crippen molar-refractivity contribution in [2.45, 2.75) is 6.54 Å². The highest BCUT2D eigenvalue weighted by atomic mass is 19.1. The lowest BCUT2D eigenvalue weighted by Crippen LogP contribution is -2.29. The number of para-hydroxylation sites is 1. The molecule has 44 heavy (non-hydrogen) atoms. The minimum absolute atomic E-state index is 0.197. The van der Waals surface area contributed by atoms with Gasteiger partial charge in [-0.15, -0.1) is 0 Å². The van der Waals surface area contributed by atoms with E-state index in [4.69, 9.17) is 10.5 Å². The van der Waals surface area contributed by atoms with Gasteiger partial charge in [0.25, 0.3) is 11.8 Å². The van der Waals surface area contributed by atoms with E-state index in [1.54, 1.807) is 29.2 Å². The zero-order valence-corrected chi connectivity index (χ0v) is 24.0.